The van der Waals surface area contributed by atoms with E-state index in [1.54, 1.807) is 28.4 Å². The van der Waals surface area contributed by atoms with Crippen molar-refractivity contribution in [2.24, 2.45) is 0 Å². The smallest absolute Gasteiger partial charge is 0.318 e. The molecule has 31 heavy (non-hydrogen) atoms. The van der Waals surface area contributed by atoms with Gasteiger partial charge in [-0.05, 0) is 74.4 Å². The standard InChI is InChI=1S/C23H28ClN3O3S/c1-15(2)25-23(29)27(17-5-6-17)13-22(28)26-11-9-21-19(10-12-31-21)20(26)14-30-18-7-3-16(24)4-8-18/h3-4,7-8,10,12,15,17,20H,5-6,9,11,13-14H2,1-2H3,(H,25,29). The molecule has 4 rings (SSSR count). The summed E-state index contributed by atoms with van der Waals surface area (Å²) >= 11 is 7.69. The maximum Gasteiger partial charge on any atom is 0.318 e. The first-order valence-electron chi connectivity index (χ1n) is 10.7. The zero-order valence-corrected chi connectivity index (χ0v) is 19.4. The highest BCUT2D eigenvalue weighted by Gasteiger charge is 2.38. The number of urea groups is 1. The van der Waals surface area contributed by atoms with Crippen molar-refractivity contribution in [2.45, 2.75) is 51.2 Å². The molecule has 1 N–H and O–H groups in total. The Balaban J connectivity index is 1.48. The third kappa shape index (κ3) is 5.33. The average Bonchev–Trinajstić information content (AvgIpc) is 3.46. The van der Waals surface area contributed by atoms with Gasteiger partial charge in [0.25, 0.3) is 0 Å². The Kier molecular flexibility index (Phi) is 6.72. The van der Waals surface area contributed by atoms with E-state index in [0.29, 0.717) is 18.2 Å². The number of nitrogens with one attached hydrogen (secondary N) is 1. The summed E-state index contributed by atoms with van der Waals surface area (Å²) in [5.74, 6) is 0.683. The zero-order valence-electron chi connectivity index (χ0n) is 17.8. The van der Waals surface area contributed by atoms with Crippen LogP contribution in [0.5, 0.6) is 5.75 Å². The lowest BCUT2D eigenvalue weighted by Gasteiger charge is -2.37. The number of rotatable bonds is 7. The van der Waals surface area contributed by atoms with Crippen LogP contribution in [0.15, 0.2) is 35.7 Å². The van der Waals surface area contributed by atoms with Gasteiger partial charge in [0.1, 0.15) is 18.9 Å². The van der Waals surface area contributed by atoms with Crippen molar-refractivity contribution in [3.63, 3.8) is 0 Å². The summed E-state index contributed by atoms with van der Waals surface area (Å²) in [6.45, 7) is 4.94. The van der Waals surface area contributed by atoms with Gasteiger partial charge >= 0.3 is 6.03 Å². The van der Waals surface area contributed by atoms with Crippen LogP contribution in [0.4, 0.5) is 4.79 Å². The number of ether oxygens (including phenoxy) is 1. The maximum atomic E-state index is 13.4. The van der Waals surface area contributed by atoms with Crippen molar-refractivity contribution in [3.8, 4) is 5.75 Å². The molecular weight excluding hydrogens is 434 g/mol. The molecule has 8 heteroatoms. The van der Waals surface area contributed by atoms with Gasteiger partial charge in [-0.25, -0.2) is 4.79 Å². The molecule has 1 saturated carbocycles. The first-order chi connectivity index (χ1) is 14.9. The van der Waals surface area contributed by atoms with Gasteiger partial charge < -0.3 is 19.9 Å². The van der Waals surface area contributed by atoms with Crippen molar-refractivity contribution < 1.29 is 14.3 Å². The predicted molar refractivity (Wildman–Crippen MR) is 123 cm³/mol. The first-order valence-corrected chi connectivity index (χ1v) is 12.0. The number of halogens is 1. The van der Waals surface area contributed by atoms with E-state index in [2.05, 4.69) is 16.8 Å². The Bertz CT molecular complexity index is 926. The van der Waals surface area contributed by atoms with Crippen molar-refractivity contribution in [3.05, 3.63) is 51.2 Å². The second-order valence-electron chi connectivity index (χ2n) is 8.38. The lowest BCUT2D eigenvalue weighted by Crippen LogP contribution is -2.51. The minimum Gasteiger partial charge on any atom is -0.491 e. The number of benzene rings is 1. The zero-order chi connectivity index (χ0) is 22.0. The van der Waals surface area contributed by atoms with Crippen LogP contribution in [0.3, 0.4) is 0 Å². The SMILES string of the molecule is CC(C)NC(=O)N(CC(=O)N1CCc2sccc2C1COc1ccc(Cl)cc1)C1CC1. The normalized spacial score (nSPS) is 17.9. The molecule has 1 fully saturated rings. The van der Waals surface area contributed by atoms with Crippen molar-refractivity contribution in [1.82, 2.24) is 15.1 Å². The molecule has 0 bridgehead atoms. The summed E-state index contributed by atoms with van der Waals surface area (Å²) in [6.07, 6.45) is 2.74. The van der Waals surface area contributed by atoms with Gasteiger partial charge in [-0.2, -0.15) is 0 Å². The number of hydrogen-bond donors (Lipinski definition) is 1. The second kappa shape index (κ2) is 9.49. The Morgan fingerprint density at radius 2 is 2.00 bits per heavy atom. The Morgan fingerprint density at radius 1 is 1.26 bits per heavy atom. The quantitative estimate of drug-likeness (QED) is 0.660. The fraction of sp³-hybridized carbons (Fsp3) is 0.478. The van der Waals surface area contributed by atoms with Crippen LogP contribution in [-0.2, 0) is 11.2 Å². The van der Waals surface area contributed by atoms with E-state index in [1.165, 1.54) is 4.88 Å². The number of nitrogens with zero attached hydrogens (tertiary/aromatic N) is 2. The van der Waals surface area contributed by atoms with Gasteiger partial charge in [-0.1, -0.05) is 11.6 Å². The summed E-state index contributed by atoms with van der Waals surface area (Å²) in [5.41, 5.74) is 1.14. The van der Waals surface area contributed by atoms with Crippen molar-refractivity contribution in [2.75, 3.05) is 19.7 Å². The van der Waals surface area contributed by atoms with Crippen molar-refractivity contribution in [1.29, 1.82) is 0 Å². The summed E-state index contributed by atoms with van der Waals surface area (Å²) in [4.78, 5) is 30.9. The predicted octanol–water partition coefficient (Wildman–Crippen LogP) is 4.49. The van der Waals surface area contributed by atoms with E-state index < -0.39 is 0 Å². The molecule has 1 aliphatic carbocycles. The topological polar surface area (TPSA) is 61.9 Å². The van der Waals surface area contributed by atoms with E-state index >= 15 is 0 Å². The number of carbonyl (C=O) groups is 2. The van der Waals surface area contributed by atoms with E-state index in [-0.39, 0.29) is 36.6 Å². The third-order valence-corrected chi connectivity index (χ3v) is 6.85. The van der Waals surface area contributed by atoms with Crippen LogP contribution in [0, 0.1) is 0 Å². The van der Waals surface area contributed by atoms with Crippen LogP contribution in [0.1, 0.15) is 43.2 Å². The molecule has 1 atom stereocenters. The van der Waals surface area contributed by atoms with Crippen LogP contribution < -0.4 is 10.1 Å². The van der Waals surface area contributed by atoms with Gasteiger partial charge in [-0.15, -0.1) is 11.3 Å². The molecule has 0 radical (unpaired) electrons. The van der Waals surface area contributed by atoms with Crippen LogP contribution >= 0.6 is 22.9 Å². The summed E-state index contributed by atoms with van der Waals surface area (Å²) in [7, 11) is 0. The monoisotopic (exact) mass is 461 g/mol. The molecule has 166 valence electrons. The molecule has 0 saturated heterocycles. The molecule has 2 aliphatic rings. The van der Waals surface area contributed by atoms with Crippen LogP contribution in [0.2, 0.25) is 5.02 Å². The first kappa shape index (κ1) is 22.0. The highest BCUT2D eigenvalue weighted by molar-refractivity contribution is 7.10. The summed E-state index contributed by atoms with van der Waals surface area (Å²) in [6, 6.07) is 9.18. The number of amides is 3. The maximum absolute atomic E-state index is 13.4. The molecule has 1 aromatic carbocycles. The largest absolute Gasteiger partial charge is 0.491 e. The molecule has 3 amide bonds. The Hall–Kier alpha value is -2.25. The lowest BCUT2D eigenvalue weighted by molar-refractivity contribution is -0.135. The van der Waals surface area contributed by atoms with Gasteiger partial charge in [0.15, 0.2) is 0 Å². The van der Waals surface area contributed by atoms with Gasteiger partial charge in [0.2, 0.25) is 5.91 Å². The van der Waals surface area contributed by atoms with E-state index in [1.807, 2.05) is 30.9 Å². The number of carbonyl (C=O) groups excluding carboxylic acids is 2. The van der Waals surface area contributed by atoms with Crippen molar-refractivity contribution >= 4 is 34.9 Å². The minimum absolute atomic E-state index is 0.0348. The summed E-state index contributed by atoms with van der Waals surface area (Å²) < 4.78 is 6.03. The molecule has 1 aliphatic heterocycles. The van der Waals surface area contributed by atoms with Crippen LogP contribution in [-0.4, -0.2) is 53.5 Å². The van der Waals surface area contributed by atoms with Gasteiger partial charge in [0, 0.05) is 28.5 Å². The van der Waals surface area contributed by atoms with E-state index in [9.17, 15) is 9.59 Å². The molecule has 6 nitrogen and oxygen atoms in total. The molecule has 0 spiro atoms. The Labute approximate surface area is 192 Å². The number of hydrogen-bond acceptors (Lipinski definition) is 4. The highest BCUT2D eigenvalue weighted by atomic mass is 35.5. The minimum atomic E-state index is -0.174. The highest BCUT2D eigenvalue weighted by Crippen LogP contribution is 2.35. The fourth-order valence-corrected chi connectivity index (χ4v) is 4.95. The van der Waals surface area contributed by atoms with Gasteiger partial charge in [-0.3, -0.25) is 4.79 Å². The molecule has 1 aromatic heterocycles. The summed E-state index contributed by atoms with van der Waals surface area (Å²) in [5, 5.41) is 5.65. The van der Waals surface area contributed by atoms with E-state index in [0.717, 1.165) is 30.6 Å². The van der Waals surface area contributed by atoms with Crippen LogP contribution in [0.25, 0.3) is 0 Å². The van der Waals surface area contributed by atoms with Gasteiger partial charge in [0.05, 0.1) is 6.04 Å². The van der Waals surface area contributed by atoms with E-state index in [4.69, 9.17) is 16.3 Å². The molecule has 2 aromatic rings. The second-order valence-corrected chi connectivity index (χ2v) is 9.82. The fourth-order valence-electron chi connectivity index (χ4n) is 3.90. The molecular formula is C23H28ClN3O3S. The Morgan fingerprint density at radius 3 is 2.68 bits per heavy atom. The third-order valence-electron chi connectivity index (χ3n) is 5.60. The molecule has 1 unspecified atom stereocenters. The lowest BCUT2D eigenvalue weighted by atomic mass is 10.0. The average molecular weight is 462 g/mol. The molecule has 2 heterocycles. The number of fused-ring (bicyclic) bond motifs is 1. The number of thiophene rings is 1.